The van der Waals surface area contributed by atoms with Crippen LogP contribution in [0.2, 0.25) is 0 Å². The van der Waals surface area contributed by atoms with E-state index in [9.17, 15) is 4.79 Å². The topological polar surface area (TPSA) is 44.9 Å². The second-order valence-corrected chi connectivity index (χ2v) is 3.93. The molecule has 0 radical (unpaired) electrons. The fourth-order valence-corrected chi connectivity index (χ4v) is 1.72. The number of nitrogens with one attached hydrogen (secondary N) is 2. The first-order chi connectivity index (χ1) is 7.79. The molecule has 0 aliphatic carbocycles. The largest absolute Gasteiger partial charge is 0.361 e. The van der Waals surface area contributed by atoms with Crippen LogP contribution in [0.15, 0.2) is 30.5 Å². The van der Waals surface area contributed by atoms with Crippen LogP contribution in [0.3, 0.4) is 0 Å². The van der Waals surface area contributed by atoms with Gasteiger partial charge < -0.3 is 10.3 Å². The van der Waals surface area contributed by atoms with E-state index in [-0.39, 0.29) is 5.91 Å². The molecule has 0 bridgehead atoms. The first-order valence-corrected chi connectivity index (χ1v) is 5.62. The van der Waals surface area contributed by atoms with Gasteiger partial charge in [-0.15, -0.1) is 0 Å². The fraction of sp³-hybridized carbons (Fsp3) is 0.308. The number of benzene rings is 1. The number of H-pyrrole nitrogens is 1. The van der Waals surface area contributed by atoms with Crippen LogP contribution < -0.4 is 5.32 Å². The molecule has 0 unspecified atom stereocenters. The van der Waals surface area contributed by atoms with E-state index in [4.69, 9.17) is 0 Å². The molecule has 16 heavy (non-hydrogen) atoms. The molecule has 0 atom stereocenters. The molecule has 1 heterocycles. The van der Waals surface area contributed by atoms with Gasteiger partial charge in [-0.1, -0.05) is 19.1 Å². The lowest BCUT2D eigenvalue weighted by atomic mass is 10.1. The van der Waals surface area contributed by atoms with E-state index in [0.717, 1.165) is 24.0 Å². The van der Waals surface area contributed by atoms with Crippen molar-refractivity contribution in [3.8, 4) is 0 Å². The Bertz CT molecular complexity index is 487. The van der Waals surface area contributed by atoms with Crippen molar-refractivity contribution in [3.63, 3.8) is 0 Å². The molecule has 3 nitrogen and oxygen atoms in total. The summed E-state index contributed by atoms with van der Waals surface area (Å²) in [6, 6.07) is 8.09. The van der Waals surface area contributed by atoms with Crippen molar-refractivity contribution in [2.75, 3.05) is 6.54 Å². The SMILES string of the molecule is CCCNC(=O)Cc1ccc2cc[nH]c2c1. The summed E-state index contributed by atoms with van der Waals surface area (Å²) in [5, 5.41) is 4.05. The molecular weight excluding hydrogens is 200 g/mol. The Morgan fingerprint density at radius 1 is 1.38 bits per heavy atom. The average molecular weight is 216 g/mol. The van der Waals surface area contributed by atoms with Gasteiger partial charge in [0.1, 0.15) is 0 Å². The predicted molar refractivity (Wildman–Crippen MR) is 65.3 cm³/mol. The lowest BCUT2D eigenvalue weighted by Crippen LogP contribution is -2.25. The summed E-state index contributed by atoms with van der Waals surface area (Å²) in [4.78, 5) is 14.7. The van der Waals surface area contributed by atoms with E-state index < -0.39 is 0 Å². The number of fused-ring (bicyclic) bond motifs is 1. The lowest BCUT2D eigenvalue weighted by molar-refractivity contribution is -0.120. The van der Waals surface area contributed by atoms with E-state index in [1.165, 1.54) is 5.39 Å². The standard InChI is InChI=1S/C13H16N2O/c1-2-6-15-13(16)9-10-3-4-11-5-7-14-12(11)8-10/h3-5,7-8,14H,2,6,9H2,1H3,(H,15,16). The summed E-state index contributed by atoms with van der Waals surface area (Å²) >= 11 is 0. The summed E-state index contributed by atoms with van der Waals surface area (Å²) in [6.45, 7) is 2.80. The van der Waals surface area contributed by atoms with Crippen molar-refractivity contribution in [3.05, 3.63) is 36.0 Å². The van der Waals surface area contributed by atoms with Crippen molar-refractivity contribution < 1.29 is 4.79 Å². The van der Waals surface area contributed by atoms with Crippen LogP contribution in [0.25, 0.3) is 10.9 Å². The minimum Gasteiger partial charge on any atom is -0.361 e. The van der Waals surface area contributed by atoms with Gasteiger partial charge in [-0.2, -0.15) is 0 Å². The number of amides is 1. The maximum Gasteiger partial charge on any atom is 0.224 e. The Morgan fingerprint density at radius 3 is 3.06 bits per heavy atom. The molecule has 0 aliphatic heterocycles. The average Bonchev–Trinajstić information content (AvgIpc) is 2.73. The molecule has 0 saturated carbocycles. The Morgan fingerprint density at radius 2 is 2.25 bits per heavy atom. The zero-order valence-electron chi connectivity index (χ0n) is 9.42. The summed E-state index contributed by atoms with van der Waals surface area (Å²) in [6.07, 6.45) is 3.34. The van der Waals surface area contributed by atoms with Crippen molar-refractivity contribution >= 4 is 16.8 Å². The fourth-order valence-electron chi connectivity index (χ4n) is 1.72. The lowest BCUT2D eigenvalue weighted by Gasteiger charge is -2.03. The highest BCUT2D eigenvalue weighted by atomic mass is 16.1. The van der Waals surface area contributed by atoms with Crippen LogP contribution in [0.1, 0.15) is 18.9 Å². The molecule has 1 amide bonds. The van der Waals surface area contributed by atoms with Gasteiger partial charge in [0.25, 0.3) is 0 Å². The predicted octanol–water partition coefficient (Wildman–Crippen LogP) is 2.24. The number of hydrogen-bond acceptors (Lipinski definition) is 1. The molecule has 84 valence electrons. The maximum atomic E-state index is 11.5. The zero-order valence-corrected chi connectivity index (χ0v) is 9.42. The zero-order chi connectivity index (χ0) is 11.4. The molecule has 0 saturated heterocycles. The van der Waals surface area contributed by atoms with Gasteiger partial charge in [0.05, 0.1) is 6.42 Å². The molecule has 3 heteroatoms. The van der Waals surface area contributed by atoms with Crippen LogP contribution in [0, 0.1) is 0 Å². The van der Waals surface area contributed by atoms with Gasteiger partial charge in [0, 0.05) is 18.3 Å². The smallest absolute Gasteiger partial charge is 0.224 e. The molecule has 0 spiro atoms. The number of carbonyl (C=O) groups is 1. The third kappa shape index (κ3) is 2.42. The quantitative estimate of drug-likeness (QED) is 0.808. The van der Waals surface area contributed by atoms with Crippen molar-refractivity contribution in [2.24, 2.45) is 0 Å². The first kappa shape index (κ1) is 10.7. The third-order valence-corrected chi connectivity index (χ3v) is 2.56. The molecular formula is C13H16N2O. The van der Waals surface area contributed by atoms with E-state index in [2.05, 4.69) is 10.3 Å². The van der Waals surface area contributed by atoms with Crippen LogP contribution in [0.4, 0.5) is 0 Å². The Hall–Kier alpha value is -1.77. The Labute approximate surface area is 94.9 Å². The number of carbonyl (C=O) groups excluding carboxylic acids is 1. The molecule has 2 aromatic rings. The van der Waals surface area contributed by atoms with E-state index in [1.54, 1.807) is 0 Å². The number of rotatable bonds is 4. The van der Waals surface area contributed by atoms with Gasteiger partial charge in [-0.3, -0.25) is 4.79 Å². The monoisotopic (exact) mass is 216 g/mol. The number of aromatic nitrogens is 1. The second-order valence-electron chi connectivity index (χ2n) is 3.93. The molecule has 2 N–H and O–H groups in total. The maximum absolute atomic E-state index is 11.5. The van der Waals surface area contributed by atoms with Gasteiger partial charge >= 0.3 is 0 Å². The molecule has 1 aromatic heterocycles. The highest BCUT2D eigenvalue weighted by molar-refractivity contribution is 5.83. The molecule has 2 rings (SSSR count). The third-order valence-electron chi connectivity index (χ3n) is 2.56. The van der Waals surface area contributed by atoms with Crippen LogP contribution in [-0.2, 0) is 11.2 Å². The summed E-state index contributed by atoms with van der Waals surface area (Å²) in [7, 11) is 0. The van der Waals surface area contributed by atoms with Gasteiger partial charge in [-0.25, -0.2) is 0 Å². The van der Waals surface area contributed by atoms with E-state index in [0.29, 0.717) is 6.42 Å². The van der Waals surface area contributed by atoms with Crippen LogP contribution >= 0.6 is 0 Å². The van der Waals surface area contributed by atoms with Crippen LogP contribution in [0.5, 0.6) is 0 Å². The first-order valence-electron chi connectivity index (χ1n) is 5.62. The number of hydrogen-bond donors (Lipinski definition) is 2. The van der Waals surface area contributed by atoms with E-state index >= 15 is 0 Å². The number of aromatic amines is 1. The molecule has 1 aromatic carbocycles. The van der Waals surface area contributed by atoms with Crippen molar-refractivity contribution in [2.45, 2.75) is 19.8 Å². The summed E-state index contributed by atoms with van der Waals surface area (Å²) < 4.78 is 0. The Balaban J connectivity index is 2.06. The molecule has 0 fully saturated rings. The minimum absolute atomic E-state index is 0.0905. The van der Waals surface area contributed by atoms with E-state index in [1.807, 2.05) is 37.4 Å². The Kier molecular flexibility index (Phi) is 3.25. The van der Waals surface area contributed by atoms with Crippen molar-refractivity contribution in [1.29, 1.82) is 0 Å². The normalized spacial score (nSPS) is 10.6. The van der Waals surface area contributed by atoms with Gasteiger partial charge in [-0.05, 0) is 29.5 Å². The van der Waals surface area contributed by atoms with Gasteiger partial charge in [0.2, 0.25) is 5.91 Å². The second kappa shape index (κ2) is 4.84. The van der Waals surface area contributed by atoms with Crippen LogP contribution in [-0.4, -0.2) is 17.4 Å². The highest BCUT2D eigenvalue weighted by Crippen LogP contribution is 2.14. The summed E-state index contributed by atoms with van der Waals surface area (Å²) in [5.74, 6) is 0.0905. The highest BCUT2D eigenvalue weighted by Gasteiger charge is 2.03. The summed E-state index contributed by atoms with van der Waals surface area (Å²) in [5.41, 5.74) is 2.13. The minimum atomic E-state index is 0.0905. The molecule has 0 aliphatic rings. The van der Waals surface area contributed by atoms with Crippen molar-refractivity contribution in [1.82, 2.24) is 10.3 Å². The van der Waals surface area contributed by atoms with Gasteiger partial charge in [0.15, 0.2) is 0 Å².